The summed E-state index contributed by atoms with van der Waals surface area (Å²) in [7, 11) is -4.84. The van der Waals surface area contributed by atoms with Crippen molar-refractivity contribution in [1.82, 2.24) is 0 Å². The first-order chi connectivity index (χ1) is 15.7. The van der Waals surface area contributed by atoms with Gasteiger partial charge in [-0.3, -0.25) is 14.1 Å². The molecular weight excluding hydrogens is 459 g/mol. The normalized spacial score (nSPS) is 12.1. The van der Waals surface area contributed by atoms with Crippen LogP contribution in [-0.4, -0.2) is 81.5 Å². The summed E-state index contributed by atoms with van der Waals surface area (Å²) in [4.78, 5) is 20.0. The van der Waals surface area contributed by atoms with Gasteiger partial charge in [-0.1, -0.05) is 51.9 Å². The van der Waals surface area contributed by atoms with Gasteiger partial charge in [-0.25, -0.2) is 0 Å². The third-order valence-electron chi connectivity index (χ3n) is 5.28. The molecule has 0 aliphatic heterocycles. The number of unbranched alkanes of at least 4 members (excludes halogenated alkanes) is 13. The number of carbonyl (C=O) groups is 2. The van der Waals surface area contributed by atoms with Gasteiger partial charge in [0.25, 0.3) is 10.1 Å². The number of aliphatic carboxylic acids is 2. The van der Waals surface area contributed by atoms with Gasteiger partial charge in [0.1, 0.15) is 0 Å². The summed E-state index contributed by atoms with van der Waals surface area (Å²) in [6.45, 7) is 4.29. The van der Waals surface area contributed by atoms with Gasteiger partial charge in [-0.2, -0.15) is 8.42 Å². The van der Waals surface area contributed by atoms with Gasteiger partial charge in [0.05, 0.1) is 6.42 Å². The summed E-state index contributed by atoms with van der Waals surface area (Å²) in [5, 5.41) is 13.9. The Bertz CT molecular complexity index is 551. The molecule has 0 saturated carbocycles. The number of carboxylic acids is 2. The summed E-state index contributed by atoms with van der Waals surface area (Å²) < 4.78 is 35.7. The van der Waals surface area contributed by atoms with Crippen LogP contribution >= 0.6 is 0 Å². The van der Waals surface area contributed by atoms with Gasteiger partial charge in [0, 0.05) is 0 Å². The van der Waals surface area contributed by atoms with Crippen LogP contribution in [0.5, 0.6) is 0 Å². The quantitative estimate of drug-likeness (QED) is 0.103. The molecule has 0 radical (unpaired) electrons. The summed E-state index contributed by atoms with van der Waals surface area (Å²) in [6, 6.07) is 0. The molecule has 0 saturated heterocycles. The Kier molecular flexibility index (Phi) is 26.4. The Balaban J connectivity index is 0. The molecule has 1 atom stereocenters. The zero-order chi connectivity index (χ0) is 25.4. The molecule has 33 heavy (non-hydrogen) atoms. The second-order valence-corrected chi connectivity index (χ2v) is 11.1. The molecule has 0 aliphatic carbocycles. The Morgan fingerprint density at radius 3 is 1.45 bits per heavy atom. The number of ether oxygens (including phenoxy) is 1. The monoisotopic (exact) mass is 504 g/mol. The standard InChI is InChI=1S/C19H39O.C4H6O7S.Na/c1-3-5-6-7-8-9-10-11-12-13-14-15-16-17-19-20-18-4-2;5-3(6)1-2(4(7)8)12(9,10)11;/h2-19H2,1H3;2H,1H2,(H,5,6)(H,7,8)(H,9,10,11);. The topological polar surface area (TPSA) is 138 Å². The summed E-state index contributed by atoms with van der Waals surface area (Å²) in [5.74, 6) is -3.50. The van der Waals surface area contributed by atoms with Crippen LogP contribution in [0.4, 0.5) is 0 Å². The van der Waals surface area contributed by atoms with Crippen LogP contribution < -0.4 is 0 Å². The van der Waals surface area contributed by atoms with E-state index >= 15 is 0 Å². The number of carboxylic acid groups (broad SMARTS) is 2. The molecule has 8 nitrogen and oxygen atoms in total. The predicted octanol–water partition coefficient (Wildman–Crippen LogP) is 5.26. The molecule has 0 heterocycles. The zero-order valence-corrected chi connectivity index (χ0v) is 23.6. The minimum atomic E-state index is -4.84. The molecule has 0 aliphatic rings. The van der Waals surface area contributed by atoms with Gasteiger partial charge in [-0.05, 0) is 0 Å². The van der Waals surface area contributed by atoms with E-state index < -0.39 is 33.7 Å². The molecule has 0 bridgehead atoms. The Morgan fingerprint density at radius 2 is 1.15 bits per heavy atom. The zero-order valence-electron chi connectivity index (χ0n) is 20.8. The average molecular weight is 505 g/mol. The first-order valence-corrected chi connectivity index (χ1v) is 15.6. The molecule has 0 aromatic carbocycles. The van der Waals surface area contributed by atoms with Crippen LogP contribution in [0, 0.1) is 0 Å². The molecule has 0 rings (SSSR count). The van der Waals surface area contributed by atoms with E-state index in [1.165, 1.54) is 128 Å². The largest absolute Gasteiger partial charge is 0.481 e. The van der Waals surface area contributed by atoms with Crippen molar-refractivity contribution in [3.63, 3.8) is 0 Å². The maximum absolute atomic E-state index is 10.2. The van der Waals surface area contributed by atoms with Crippen LogP contribution in [0.2, 0.25) is 3.67 Å². The van der Waals surface area contributed by atoms with E-state index in [0.717, 1.165) is 13.2 Å². The van der Waals surface area contributed by atoms with E-state index in [9.17, 15) is 18.0 Å². The molecule has 192 valence electrons. The Morgan fingerprint density at radius 1 is 0.758 bits per heavy atom. The van der Waals surface area contributed by atoms with Gasteiger partial charge >= 0.3 is 113 Å². The van der Waals surface area contributed by atoms with E-state index in [1.807, 2.05) is 0 Å². The van der Waals surface area contributed by atoms with Gasteiger partial charge in [0.2, 0.25) is 0 Å². The molecule has 0 fully saturated rings. The van der Waals surface area contributed by atoms with Crippen molar-refractivity contribution in [1.29, 1.82) is 0 Å². The number of hydrogen-bond acceptors (Lipinski definition) is 5. The molecule has 10 heteroatoms. The number of rotatable bonds is 22. The summed E-state index contributed by atoms with van der Waals surface area (Å²) in [5.41, 5.74) is 0. The van der Waals surface area contributed by atoms with Crippen LogP contribution in [0.3, 0.4) is 0 Å². The first kappa shape index (κ1) is 35.0. The molecule has 3 N–H and O–H groups in total. The van der Waals surface area contributed by atoms with Crippen LogP contribution in [0.25, 0.3) is 0 Å². The summed E-state index contributed by atoms with van der Waals surface area (Å²) >= 11 is 1.33. The van der Waals surface area contributed by atoms with Crippen molar-refractivity contribution in [2.75, 3.05) is 13.2 Å². The fourth-order valence-electron chi connectivity index (χ4n) is 3.23. The van der Waals surface area contributed by atoms with Crippen LogP contribution in [-0.2, 0) is 24.4 Å². The van der Waals surface area contributed by atoms with Crippen molar-refractivity contribution in [3.05, 3.63) is 0 Å². The fourth-order valence-corrected chi connectivity index (χ4v) is 4.12. The van der Waals surface area contributed by atoms with Crippen molar-refractivity contribution in [3.8, 4) is 0 Å². The van der Waals surface area contributed by atoms with Gasteiger partial charge < -0.3 is 10.2 Å². The minimum Gasteiger partial charge on any atom is -0.481 e. The molecule has 0 amide bonds. The van der Waals surface area contributed by atoms with Crippen molar-refractivity contribution < 1.29 is 37.5 Å². The second-order valence-electron chi connectivity index (χ2n) is 8.50. The maximum Gasteiger partial charge on any atom is 0.325 e. The smallest absolute Gasteiger partial charge is 0.325 e. The SMILES string of the molecule is CCCCCCCCCCCCCCCCOCC[CH2][Na].O=C(O)CC(C(=O)O)S(=O)(=O)O. The Labute approximate surface area is 218 Å². The van der Waals surface area contributed by atoms with Crippen LogP contribution in [0.15, 0.2) is 0 Å². The number of hydrogen-bond donors (Lipinski definition) is 3. The van der Waals surface area contributed by atoms with E-state index in [2.05, 4.69) is 6.92 Å². The Hall–Kier alpha value is -0.190. The van der Waals surface area contributed by atoms with E-state index in [0.29, 0.717) is 0 Å². The molecular formula is C23H45NaO8S. The third-order valence-corrected chi connectivity index (χ3v) is 7.07. The summed E-state index contributed by atoms with van der Waals surface area (Å²) in [6.07, 6.45) is 20.2. The minimum absolute atomic E-state index is 1.000. The molecule has 0 aromatic heterocycles. The fraction of sp³-hybridized carbons (Fsp3) is 0.913. The van der Waals surface area contributed by atoms with Gasteiger partial charge in [-0.15, -0.1) is 0 Å². The second kappa shape index (κ2) is 24.9. The first-order valence-electron chi connectivity index (χ1n) is 12.6. The molecule has 1 unspecified atom stereocenters. The van der Waals surface area contributed by atoms with Crippen molar-refractivity contribution in [2.45, 2.75) is 119 Å². The average Bonchev–Trinajstić information content (AvgIpc) is 2.73. The van der Waals surface area contributed by atoms with E-state index in [-0.39, 0.29) is 0 Å². The maximum atomic E-state index is 10.2. The van der Waals surface area contributed by atoms with Crippen molar-refractivity contribution in [2.24, 2.45) is 0 Å². The van der Waals surface area contributed by atoms with Crippen LogP contribution in [0.1, 0.15) is 110 Å². The molecule has 0 spiro atoms. The van der Waals surface area contributed by atoms with Gasteiger partial charge in [0.15, 0.2) is 5.25 Å². The molecule has 0 aromatic rings. The van der Waals surface area contributed by atoms with E-state index in [4.69, 9.17) is 19.5 Å². The predicted molar refractivity (Wildman–Crippen MR) is 132 cm³/mol. The third kappa shape index (κ3) is 27.9. The van der Waals surface area contributed by atoms with Crippen molar-refractivity contribution >= 4 is 50.0 Å². The van der Waals surface area contributed by atoms with E-state index in [1.54, 1.807) is 0 Å².